The van der Waals surface area contributed by atoms with E-state index >= 15 is 0 Å². The highest BCUT2D eigenvalue weighted by atomic mass is 32.2. The van der Waals surface area contributed by atoms with Gasteiger partial charge >= 0.3 is 6.61 Å². The second-order valence-electron chi connectivity index (χ2n) is 7.09. The van der Waals surface area contributed by atoms with Gasteiger partial charge in [0.15, 0.2) is 16.7 Å². The fourth-order valence-electron chi connectivity index (χ4n) is 3.29. The van der Waals surface area contributed by atoms with Crippen molar-refractivity contribution in [1.29, 1.82) is 0 Å². The Labute approximate surface area is 191 Å². The molecule has 2 aromatic heterocycles. The number of imidazole rings is 1. The number of fused-ring (bicyclic) bond motifs is 1. The van der Waals surface area contributed by atoms with Crippen LogP contribution in [0.25, 0.3) is 11.0 Å². The number of alkyl halides is 2. The standard InChI is InChI=1S/C23H21F2N3O4S/c1-14-19(26-11-20(21(14)30-2)31-12-15-6-4-3-5-7-15)13-33(29)23-27-17-9-8-16(32-22(24)25)10-18(17)28-23/h3-11,22H,12-13H2,1-2H3,(H,27,28). The fraction of sp³-hybridized carbons (Fsp3) is 0.217. The van der Waals surface area contributed by atoms with E-state index in [1.54, 1.807) is 6.20 Å². The van der Waals surface area contributed by atoms with Crippen LogP contribution in [-0.4, -0.2) is 32.9 Å². The Bertz CT molecular complexity index is 1280. The van der Waals surface area contributed by atoms with Crippen molar-refractivity contribution in [2.45, 2.75) is 31.1 Å². The molecule has 1 N–H and O–H groups in total. The molecule has 2 aromatic carbocycles. The number of methoxy groups -OCH3 is 1. The van der Waals surface area contributed by atoms with E-state index in [2.05, 4.69) is 19.7 Å². The monoisotopic (exact) mass is 473 g/mol. The summed E-state index contributed by atoms with van der Waals surface area (Å²) in [4.78, 5) is 11.6. The molecule has 2 heterocycles. The highest BCUT2D eigenvalue weighted by molar-refractivity contribution is 7.84. The number of rotatable bonds is 9. The number of nitrogens with one attached hydrogen (secondary N) is 1. The van der Waals surface area contributed by atoms with Gasteiger partial charge in [-0.05, 0) is 24.6 Å². The number of pyridine rings is 1. The van der Waals surface area contributed by atoms with Crippen LogP contribution < -0.4 is 14.2 Å². The van der Waals surface area contributed by atoms with Gasteiger partial charge in [0.25, 0.3) is 0 Å². The van der Waals surface area contributed by atoms with Crippen LogP contribution in [0.15, 0.2) is 59.9 Å². The largest absolute Gasteiger partial charge is 0.492 e. The molecule has 0 fully saturated rings. The van der Waals surface area contributed by atoms with Gasteiger partial charge in [0.1, 0.15) is 12.4 Å². The number of ether oxygens (including phenoxy) is 3. The number of halogens is 2. The minimum atomic E-state index is -2.93. The molecule has 0 saturated heterocycles. The maximum atomic E-state index is 12.9. The first kappa shape index (κ1) is 22.7. The molecule has 0 radical (unpaired) electrons. The van der Waals surface area contributed by atoms with Crippen LogP contribution in [-0.2, 0) is 23.2 Å². The van der Waals surface area contributed by atoms with Gasteiger partial charge in [0.05, 0.1) is 46.6 Å². The summed E-state index contributed by atoms with van der Waals surface area (Å²) in [6, 6.07) is 14.0. The predicted octanol–water partition coefficient (Wildman–Crippen LogP) is 4.76. The van der Waals surface area contributed by atoms with E-state index < -0.39 is 17.4 Å². The first-order valence-electron chi connectivity index (χ1n) is 9.96. The van der Waals surface area contributed by atoms with Crippen LogP contribution in [0.4, 0.5) is 8.78 Å². The lowest BCUT2D eigenvalue weighted by Gasteiger charge is -2.15. The van der Waals surface area contributed by atoms with Crippen LogP contribution in [0, 0.1) is 6.92 Å². The van der Waals surface area contributed by atoms with Crippen molar-refractivity contribution >= 4 is 21.8 Å². The minimum absolute atomic E-state index is 0.00757. The van der Waals surface area contributed by atoms with Crippen molar-refractivity contribution in [1.82, 2.24) is 15.0 Å². The van der Waals surface area contributed by atoms with Crippen LogP contribution in [0.5, 0.6) is 17.2 Å². The van der Waals surface area contributed by atoms with E-state index in [0.717, 1.165) is 5.56 Å². The van der Waals surface area contributed by atoms with Gasteiger partial charge in [-0.15, -0.1) is 0 Å². The fourth-order valence-corrected chi connectivity index (χ4v) is 4.39. The quantitative estimate of drug-likeness (QED) is 0.377. The zero-order valence-corrected chi connectivity index (χ0v) is 18.7. The van der Waals surface area contributed by atoms with Crippen molar-refractivity contribution in [3.8, 4) is 17.2 Å². The summed E-state index contributed by atoms with van der Waals surface area (Å²) in [6.07, 6.45) is 1.55. The molecule has 0 aliphatic carbocycles. The maximum Gasteiger partial charge on any atom is 0.387 e. The SMILES string of the molecule is COc1c(OCc2ccccc2)cnc(CS(=O)c2nc3ccc(OC(F)F)cc3[nH]2)c1C. The number of aromatic nitrogens is 3. The number of H-pyrrole nitrogens is 1. The van der Waals surface area contributed by atoms with Crippen molar-refractivity contribution < 1.29 is 27.2 Å². The van der Waals surface area contributed by atoms with Gasteiger partial charge < -0.3 is 19.2 Å². The maximum absolute atomic E-state index is 12.9. The molecule has 4 aromatic rings. The zero-order valence-electron chi connectivity index (χ0n) is 17.9. The van der Waals surface area contributed by atoms with Crippen molar-refractivity contribution in [3.63, 3.8) is 0 Å². The van der Waals surface area contributed by atoms with Crippen LogP contribution in [0.2, 0.25) is 0 Å². The summed E-state index contributed by atoms with van der Waals surface area (Å²) < 4.78 is 53.6. The highest BCUT2D eigenvalue weighted by Crippen LogP contribution is 2.33. The molecule has 0 saturated carbocycles. The molecular formula is C23H21F2N3O4S. The molecule has 33 heavy (non-hydrogen) atoms. The lowest BCUT2D eigenvalue weighted by molar-refractivity contribution is -0.0497. The van der Waals surface area contributed by atoms with Crippen molar-refractivity contribution in [2.75, 3.05) is 7.11 Å². The average Bonchev–Trinajstić information content (AvgIpc) is 3.23. The van der Waals surface area contributed by atoms with E-state index in [4.69, 9.17) is 9.47 Å². The van der Waals surface area contributed by atoms with Gasteiger partial charge in [-0.3, -0.25) is 9.19 Å². The molecule has 4 rings (SSSR count). The van der Waals surface area contributed by atoms with Crippen LogP contribution in [0.1, 0.15) is 16.8 Å². The van der Waals surface area contributed by atoms with E-state index in [1.165, 1.54) is 25.3 Å². The van der Waals surface area contributed by atoms with Gasteiger partial charge in [-0.25, -0.2) is 4.98 Å². The molecule has 0 aliphatic rings. The molecule has 172 valence electrons. The summed E-state index contributed by atoms with van der Waals surface area (Å²) in [5.41, 5.74) is 3.23. The normalized spacial score (nSPS) is 12.2. The smallest absolute Gasteiger partial charge is 0.387 e. The molecule has 0 spiro atoms. The second-order valence-corrected chi connectivity index (χ2v) is 8.46. The highest BCUT2D eigenvalue weighted by Gasteiger charge is 2.18. The number of nitrogens with zero attached hydrogens (tertiary/aromatic N) is 2. The number of benzene rings is 2. The molecule has 1 unspecified atom stereocenters. The number of hydrogen-bond acceptors (Lipinski definition) is 6. The Hall–Kier alpha value is -3.53. The molecule has 10 heteroatoms. The van der Waals surface area contributed by atoms with Gasteiger partial charge in [0, 0.05) is 11.6 Å². The van der Waals surface area contributed by atoms with Crippen LogP contribution in [0.3, 0.4) is 0 Å². The molecule has 0 aliphatic heterocycles. The third-order valence-electron chi connectivity index (χ3n) is 4.92. The zero-order chi connectivity index (χ0) is 23.4. The number of aromatic amines is 1. The molecule has 1 atom stereocenters. The lowest BCUT2D eigenvalue weighted by atomic mass is 10.2. The van der Waals surface area contributed by atoms with E-state index in [9.17, 15) is 13.0 Å². The van der Waals surface area contributed by atoms with Crippen molar-refractivity contribution in [3.05, 3.63) is 71.5 Å². The Kier molecular flexibility index (Phi) is 6.83. The third kappa shape index (κ3) is 5.28. The second kappa shape index (κ2) is 9.95. The average molecular weight is 474 g/mol. The lowest BCUT2D eigenvalue weighted by Crippen LogP contribution is -2.06. The van der Waals surface area contributed by atoms with Gasteiger partial charge in [-0.1, -0.05) is 30.3 Å². The Morgan fingerprint density at radius 2 is 1.94 bits per heavy atom. The molecule has 7 nitrogen and oxygen atoms in total. The Balaban J connectivity index is 1.51. The molecule has 0 amide bonds. The summed E-state index contributed by atoms with van der Waals surface area (Å²) in [7, 11) is -0.0210. The first-order chi connectivity index (χ1) is 15.9. The van der Waals surface area contributed by atoms with E-state index in [1.807, 2.05) is 37.3 Å². The first-order valence-corrected chi connectivity index (χ1v) is 11.3. The molecular weight excluding hydrogens is 452 g/mol. The Morgan fingerprint density at radius 1 is 1.15 bits per heavy atom. The number of hydrogen-bond donors (Lipinski definition) is 1. The van der Waals surface area contributed by atoms with Gasteiger partial charge in [0.2, 0.25) is 0 Å². The Morgan fingerprint density at radius 3 is 2.67 bits per heavy atom. The van der Waals surface area contributed by atoms with E-state index in [-0.39, 0.29) is 16.7 Å². The summed E-state index contributed by atoms with van der Waals surface area (Å²) in [6.45, 7) is -0.747. The predicted molar refractivity (Wildman–Crippen MR) is 119 cm³/mol. The minimum Gasteiger partial charge on any atom is -0.492 e. The van der Waals surface area contributed by atoms with Crippen molar-refractivity contribution in [2.24, 2.45) is 0 Å². The van der Waals surface area contributed by atoms with E-state index in [0.29, 0.717) is 40.4 Å². The summed E-state index contributed by atoms with van der Waals surface area (Å²) >= 11 is 0. The summed E-state index contributed by atoms with van der Waals surface area (Å²) in [5, 5.41) is 0.212. The topological polar surface area (TPSA) is 86.3 Å². The third-order valence-corrected chi connectivity index (χ3v) is 6.08. The van der Waals surface area contributed by atoms with Gasteiger partial charge in [-0.2, -0.15) is 8.78 Å². The summed E-state index contributed by atoms with van der Waals surface area (Å²) in [5.74, 6) is 1.09. The molecule has 0 bridgehead atoms. The van der Waals surface area contributed by atoms with Crippen LogP contribution >= 0.6 is 0 Å².